The summed E-state index contributed by atoms with van der Waals surface area (Å²) in [5.74, 6) is -1.56. The molecule has 2 aromatic carbocycles. The van der Waals surface area contributed by atoms with E-state index in [1.807, 2.05) is 29.0 Å². The fourth-order valence-electron chi connectivity index (χ4n) is 1.88. The molecule has 8 heteroatoms. The molecule has 0 atom stereocenters. The second-order valence-corrected chi connectivity index (χ2v) is 7.67. The Morgan fingerprint density at radius 1 is 1.04 bits per heavy atom. The number of carboxylic acid groups (broad SMARTS) is 1. The van der Waals surface area contributed by atoms with E-state index < -0.39 is 22.5 Å². The molecule has 25 heavy (non-hydrogen) atoms. The van der Waals surface area contributed by atoms with E-state index in [4.69, 9.17) is 5.11 Å². The number of aliphatic carboxylic acids is 1. The van der Waals surface area contributed by atoms with Gasteiger partial charge < -0.3 is 5.11 Å². The highest BCUT2D eigenvalue weighted by Gasteiger charge is 2.15. The van der Waals surface area contributed by atoms with Crippen LogP contribution in [0.15, 0.2) is 64.0 Å². The summed E-state index contributed by atoms with van der Waals surface area (Å²) < 4.78 is 26.6. The molecule has 0 saturated heterocycles. The predicted molar refractivity (Wildman–Crippen MR) is 96.8 cm³/mol. The number of allylic oxidation sites excluding steroid dienone is 1. The summed E-state index contributed by atoms with van der Waals surface area (Å²) >= 11 is 3.33. The van der Waals surface area contributed by atoms with Gasteiger partial charge in [-0.25, -0.2) is 8.42 Å². The predicted octanol–water partition coefficient (Wildman–Crippen LogP) is 2.71. The molecule has 2 rings (SSSR count). The van der Waals surface area contributed by atoms with Gasteiger partial charge in [-0.3, -0.25) is 9.59 Å². The van der Waals surface area contributed by atoms with E-state index in [0.717, 1.165) is 10.0 Å². The monoisotopic (exact) mass is 423 g/mol. The van der Waals surface area contributed by atoms with Crippen molar-refractivity contribution >= 4 is 43.8 Å². The SMILES string of the molecule is O=C(O)CNS(=O)(=O)c1ccc(C(=O)/C=C/c2ccc(Br)cc2)cc1. The smallest absolute Gasteiger partial charge is 0.318 e. The summed E-state index contributed by atoms with van der Waals surface area (Å²) in [7, 11) is -3.92. The van der Waals surface area contributed by atoms with Gasteiger partial charge in [0.05, 0.1) is 4.90 Å². The first-order valence-electron chi connectivity index (χ1n) is 7.07. The molecule has 130 valence electrons. The van der Waals surface area contributed by atoms with Crippen molar-refractivity contribution in [3.63, 3.8) is 0 Å². The van der Waals surface area contributed by atoms with E-state index >= 15 is 0 Å². The molecule has 2 N–H and O–H groups in total. The summed E-state index contributed by atoms with van der Waals surface area (Å²) in [6.45, 7) is -0.709. The molecule has 0 bridgehead atoms. The summed E-state index contributed by atoms with van der Waals surface area (Å²) in [5.41, 5.74) is 1.18. The molecular formula is C17H14BrNO5S. The fraction of sp³-hybridized carbons (Fsp3) is 0.0588. The van der Waals surface area contributed by atoms with Crippen molar-refractivity contribution in [1.29, 1.82) is 0 Å². The molecule has 0 heterocycles. The van der Waals surface area contributed by atoms with Crippen LogP contribution in [-0.2, 0) is 14.8 Å². The number of hydrogen-bond donors (Lipinski definition) is 2. The molecule has 0 radical (unpaired) electrons. The van der Waals surface area contributed by atoms with Crippen molar-refractivity contribution in [3.05, 3.63) is 70.2 Å². The lowest BCUT2D eigenvalue weighted by Crippen LogP contribution is -2.29. The lowest BCUT2D eigenvalue weighted by Gasteiger charge is -2.05. The van der Waals surface area contributed by atoms with Crippen molar-refractivity contribution < 1.29 is 23.1 Å². The van der Waals surface area contributed by atoms with Gasteiger partial charge in [-0.2, -0.15) is 4.72 Å². The highest BCUT2D eigenvalue weighted by molar-refractivity contribution is 9.10. The van der Waals surface area contributed by atoms with Crippen LogP contribution in [0, 0.1) is 0 Å². The van der Waals surface area contributed by atoms with E-state index in [-0.39, 0.29) is 10.7 Å². The minimum absolute atomic E-state index is 0.109. The van der Waals surface area contributed by atoms with Crippen LogP contribution in [0.1, 0.15) is 15.9 Å². The summed E-state index contributed by atoms with van der Waals surface area (Å²) in [6, 6.07) is 12.7. The standard InChI is InChI=1S/C17H14BrNO5S/c18-14-6-1-12(2-7-14)3-10-16(20)13-4-8-15(9-5-13)25(23,24)19-11-17(21)22/h1-10,19H,11H2,(H,21,22)/b10-3+. The molecule has 0 aromatic heterocycles. The van der Waals surface area contributed by atoms with Crippen LogP contribution in [0.2, 0.25) is 0 Å². The zero-order chi connectivity index (χ0) is 18.4. The van der Waals surface area contributed by atoms with E-state index in [9.17, 15) is 18.0 Å². The van der Waals surface area contributed by atoms with Gasteiger partial charge in [-0.05, 0) is 48.0 Å². The van der Waals surface area contributed by atoms with Crippen LogP contribution in [-0.4, -0.2) is 31.8 Å². The van der Waals surface area contributed by atoms with Gasteiger partial charge in [0.15, 0.2) is 5.78 Å². The van der Waals surface area contributed by atoms with Gasteiger partial charge in [-0.15, -0.1) is 0 Å². The van der Waals surface area contributed by atoms with Crippen molar-refractivity contribution in [2.45, 2.75) is 4.90 Å². The Labute approximate surface area is 153 Å². The molecule has 0 spiro atoms. The van der Waals surface area contributed by atoms with E-state index in [0.29, 0.717) is 5.56 Å². The normalized spacial score (nSPS) is 11.6. The van der Waals surface area contributed by atoms with Crippen LogP contribution in [0.5, 0.6) is 0 Å². The molecule has 0 saturated carbocycles. The van der Waals surface area contributed by atoms with Crippen LogP contribution in [0.4, 0.5) is 0 Å². The third-order valence-corrected chi connectivity index (χ3v) is 5.11. The van der Waals surface area contributed by atoms with Crippen LogP contribution >= 0.6 is 15.9 Å². The average molecular weight is 424 g/mol. The van der Waals surface area contributed by atoms with Crippen LogP contribution in [0.3, 0.4) is 0 Å². The first kappa shape index (κ1) is 19.0. The number of nitrogens with one attached hydrogen (secondary N) is 1. The molecule has 0 fully saturated rings. The number of carbonyl (C=O) groups excluding carboxylic acids is 1. The molecule has 0 aliphatic carbocycles. The zero-order valence-corrected chi connectivity index (χ0v) is 15.2. The number of benzene rings is 2. The van der Waals surface area contributed by atoms with Crippen molar-refractivity contribution in [1.82, 2.24) is 4.72 Å². The van der Waals surface area contributed by atoms with Crippen molar-refractivity contribution in [2.24, 2.45) is 0 Å². The first-order valence-corrected chi connectivity index (χ1v) is 9.35. The van der Waals surface area contributed by atoms with E-state index in [1.165, 1.54) is 30.3 Å². The maximum Gasteiger partial charge on any atom is 0.318 e. The molecule has 6 nitrogen and oxygen atoms in total. The molecule has 0 unspecified atom stereocenters. The quantitative estimate of drug-likeness (QED) is 0.526. The number of sulfonamides is 1. The number of carboxylic acids is 1. The second kappa shape index (κ2) is 8.19. The number of ketones is 1. The van der Waals surface area contributed by atoms with Gasteiger partial charge in [0.1, 0.15) is 6.54 Å². The highest BCUT2D eigenvalue weighted by Crippen LogP contribution is 2.14. The Hall–Kier alpha value is -2.29. The summed E-state index contributed by atoms with van der Waals surface area (Å²) in [4.78, 5) is 22.5. The van der Waals surface area contributed by atoms with Gasteiger partial charge in [-0.1, -0.05) is 34.1 Å². The Morgan fingerprint density at radius 2 is 1.64 bits per heavy atom. The Balaban J connectivity index is 2.09. The largest absolute Gasteiger partial charge is 0.480 e. The Kier molecular flexibility index (Phi) is 6.24. The lowest BCUT2D eigenvalue weighted by atomic mass is 10.1. The topological polar surface area (TPSA) is 101 Å². The number of hydrogen-bond acceptors (Lipinski definition) is 4. The maximum atomic E-state index is 12.1. The molecule has 0 amide bonds. The van der Waals surface area contributed by atoms with Gasteiger partial charge in [0.25, 0.3) is 0 Å². The highest BCUT2D eigenvalue weighted by atomic mass is 79.9. The van der Waals surface area contributed by atoms with Crippen LogP contribution < -0.4 is 4.72 Å². The average Bonchev–Trinajstić information content (AvgIpc) is 2.59. The maximum absolute atomic E-state index is 12.1. The molecule has 2 aromatic rings. The van der Waals surface area contributed by atoms with Crippen molar-refractivity contribution in [2.75, 3.05) is 6.54 Å². The van der Waals surface area contributed by atoms with E-state index in [1.54, 1.807) is 6.08 Å². The molecule has 0 aliphatic heterocycles. The summed E-state index contributed by atoms with van der Waals surface area (Å²) in [5, 5.41) is 8.53. The Bertz CT molecular complexity index is 903. The minimum atomic E-state index is -3.92. The van der Waals surface area contributed by atoms with Crippen LogP contribution in [0.25, 0.3) is 6.08 Å². The number of rotatable bonds is 7. The third-order valence-electron chi connectivity index (χ3n) is 3.16. The number of carbonyl (C=O) groups is 2. The van der Waals surface area contributed by atoms with Gasteiger partial charge >= 0.3 is 5.97 Å². The first-order chi connectivity index (χ1) is 11.8. The molecular weight excluding hydrogens is 410 g/mol. The van der Waals surface area contributed by atoms with E-state index in [2.05, 4.69) is 15.9 Å². The number of halogens is 1. The lowest BCUT2D eigenvalue weighted by molar-refractivity contribution is -0.135. The second-order valence-electron chi connectivity index (χ2n) is 4.99. The van der Waals surface area contributed by atoms with Crippen molar-refractivity contribution in [3.8, 4) is 0 Å². The third kappa shape index (κ3) is 5.63. The zero-order valence-electron chi connectivity index (χ0n) is 12.8. The fourth-order valence-corrected chi connectivity index (χ4v) is 3.12. The minimum Gasteiger partial charge on any atom is -0.480 e. The Morgan fingerprint density at radius 3 is 2.20 bits per heavy atom. The van der Waals surface area contributed by atoms with Gasteiger partial charge in [0, 0.05) is 10.0 Å². The molecule has 0 aliphatic rings. The van der Waals surface area contributed by atoms with Gasteiger partial charge in [0.2, 0.25) is 10.0 Å². The summed E-state index contributed by atoms with van der Waals surface area (Å²) in [6.07, 6.45) is 3.06.